The van der Waals surface area contributed by atoms with Crippen molar-refractivity contribution in [1.29, 1.82) is 0 Å². The fourth-order valence-corrected chi connectivity index (χ4v) is 3.85. The molecule has 1 aromatic heterocycles. The molecular weight excluding hydrogens is 394 g/mol. The molecule has 1 saturated heterocycles. The summed E-state index contributed by atoms with van der Waals surface area (Å²) in [5.74, 6) is 1.01. The molecule has 1 aliphatic heterocycles. The molecule has 0 saturated carbocycles. The minimum Gasteiger partial charge on any atom is -0.483 e. The van der Waals surface area contributed by atoms with Gasteiger partial charge < -0.3 is 19.7 Å². The zero-order valence-electron chi connectivity index (χ0n) is 18.7. The van der Waals surface area contributed by atoms with Gasteiger partial charge in [0.2, 0.25) is 5.88 Å². The van der Waals surface area contributed by atoms with Gasteiger partial charge >= 0.3 is 0 Å². The molecule has 31 heavy (non-hydrogen) atoms. The highest BCUT2D eigenvalue weighted by atomic mass is 16.5. The highest BCUT2D eigenvalue weighted by Crippen LogP contribution is 2.26. The zero-order chi connectivity index (χ0) is 22.4. The van der Waals surface area contributed by atoms with Gasteiger partial charge in [0.05, 0.1) is 13.2 Å². The number of carbonyl (C=O) groups is 2. The molecule has 1 fully saturated rings. The molecule has 3 rings (SSSR count). The third-order valence-corrected chi connectivity index (χ3v) is 5.59. The summed E-state index contributed by atoms with van der Waals surface area (Å²) in [6, 6.07) is 7.03. The van der Waals surface area contributed by atoms with Crippen molar-refractivity contribution in [3.8, 4) is 11.6 Å². The number of hydrogen-bond acceptors (Lipinski definition) is 5. The number of benzene rings is 1. The summed E-state index contributed by atoms with van der Waals surface area (Å²) >= 11 is 0. The van der Waals surface area contributed by atoms with Crippen LogP contribution >= 0.6 is 0 Å². The minimum absolute atomic E-state index is 0.0157. The fourth-order valence-electron chi connectivity index (χ4n) is 3.85. The van der Waals surface area contributed by atoms with E-state index in [9.17, 15) is 9.59 Å². The van der Waals surface area contributed by atoms with E-state index in [1.807, 2.05) is 31.7 Å². The van der Waals surface area contributed by atoms with Crippen molar-refractivity contribution in [3.05, 3.63) is 52.7 Å². The summed E-state index contributed by atoms with van der Waals surface area (Å²) in [6.07, 6.45) is 4.94. The highest BCUT2D eigenvalue weighted by molar-refractivity contribution is 5.95. The molecule has 0 aliphatic carbocycles. The largest absolute Gasteiger partial charge is 0.483 e. The van der Waals surface area contributed by atoms with Crippen LogP contribution in [0.5, 0.6) is 11.6 Å². The molecule has 0 bridgehead atoms. The van der Waals surface area contributed by atoms with Gasteiger partial charge in [-0.15, -0.1) is 0 Å². The van der Waals surface area contributed by atoms with Crippen LogP contribution < -0.4 is 14.8 Å². The Kier molecular flexibility index (Phi) is 7.50. The van der Waals surface area contributed by atoms with E-state index >= 15 is 0 Å². The summed E-state index contributed by atoms with van der Waals surface area (Å²) in [5.41, 5.74) is 3.12. The van der Waals surface area contributed by atoms with E-state index in [0.717, 1.165) is 42.6 Å². The van der Waals surface area contributed by atoms with E-state index in [1.165, 1.54) is 6.42 Å². The van der Waals surface area contributed by atoms with E-state index in [2.05, 4.69) is 10.3 Å². The number of aromatic nitrogens is 1. The van der Waals surface area contributed by atoms with Crippen LogP contribution in [0.15, 0.2) is 30.5 Å². The first-order chi connectivity index (χ1) is 14.9. The maximum atomic E-state index is 12.8. The topological polar surface area (TPSA) is 80.8 Å². The van der Waals surface area contributed by atoms with E-state index < -0.39 is 0 Å². The molecule has 7 heteroatoms. The van der Waals surface area contributed by atoms with Crippen LogP contribution in [-0.4, -0.2) is 48.5 Å². The number of hydrogen-bond donors (Lipinski definition) is 1. The number of aryl methyl sites for hydroxylation is 2. The Morgan fingerprint density at radius 3 is 2.45 bits per heavy atom. The van der Waals surface area contributed by atoms with Crippen LogP contribution in [-0.2, 0) is 4.79 Å². The minimum atomic E-state index is -0.205. The summed E-state index contributed by atoms with van der Waals surface area (Å²) < 4.78 is 11.0. The lowest BCUT2D eigenvalue weighted by Gasteiger charge is -2.27. The van der Waals surface area contributed by atoms with Crippen LogP contribution in [0, 0.1) is 13.8 Å². The Hall–Kier alpha value is -3.09. The predicted molar refractivity (Wildman–Crippen MR) is 119 cm³/mol. The molecule has 7 nitrogen and oxygen atoms in total. The quantitative estimate of drug-likeness (QED) is 0.733. The Labute approximate surface area is 183 Å². The van der Waals surface area contributed by atoms with E-state index in [0.29, 0.717) is 17.2 Å². The Morgan fingerprint density at radius 1 is 1.13 bits per heavy atom. The molecule has 1 atom stereocenters. The van der Waals surface area contributed by atoms with Gasteiger partial charge in [0.25, 0.3) is 11.8 Å². The average molecular weight is 426 g/mol. The number of methoxy groups -OCH3 is 1. The second-order valence-corrected chi connectivity index (χ2v) is 8.00. The Morgan fingerprint density at radius 2 is 1.81 bits per heavy atom. The van der Waals surface area contributed by atoms with Crippen LogP contribution in [0.25, 0.3) is 0 Å². The first kappa shape index (κ1) is 22.6. The van der Waals surface area contributed by atoms with Crippen LogP contribution in [0.3, 0.4) is 0 Å². The van der Waals surface area contributed by atoms with E-state index in [4.69, 9.17) is 9.47 Å². The van der Waals surface area contributed by atoms with Crippen LogP contribution in [0.2, 0.25) is 0 Å². The first-order valence-electron chi connectivity index (χ1n) is 10.7. The number of carbonyl (C=O) groups excluding carboxylic acids is 2. The maximum absolute atomic E-state index is 12.8. The lowest BCUT2D eigenvalue weighted by molar-refractivity contribution is -0.134. The third kappa shape index (κ3) is 5.75. The zero-order valence-corrected chi connectivity index (χ0v) is 18.7. The molecule has 1 aromatic carbocycles. The number of rotatable bonds is 7. The van der Waals surface area contributed by atoms with Crippen molar-refractivity contribution in [2.24, 2.45) is 0 Å². The predicted octanol–water partition coefficient (Wildman–Crippen LogP) is 3.59. The molecule has 0 radical (unpaired) electrons. The number of nitrogens with zero attached hydrogens (tertiary/aromatic N) is 2. The Balaban J connectivity index is 1.64. The van der Waals surface area contributed by atoms with Gasteiger partial charge in [-0.05, 0) is 74.9 Å². The molecule has 2 amide bonds. The first-order valence-corrected chi connectivity index (χ1v) is 10.7. The lowest BCUT2D eigenvalue weighted by Crippen LogP contribution is -2.38. The third-order valence-electron chi connectivity index (χ3n) is 5.59. The molecule has 1 aliphatic rings. The number of nitrogens with one attached hydrogen (secondary N) is 1. The SMILES string of the molecule is COc1cc(C(C)NC(=O)c2cc(C)c(OCC(=O)N3CCCCC3)c(C)c2)ccn1. The van der Waals surface area contributed by atoms with Gasteiger partial charge in [-0.3, -0.25) is 9.59 Å². The summed E-state index contributed by atoms with van der Waals surface area (Å²) in [7, 11) is 1.56. The maximum Gasteiger partial charge on any atom is 0.260 e. The van der Waals surface area contributed by atoms with Gasteiger partial charge in [0, 0.05) is 30.9 Å². The monoisotopic (exact) mass is 425 g/mol. The lowest BCUT2D eigenvalue weighted by atomic mass is 10.0. The number of ether oxygens (including phenoxy) is 2. The smallest absolute Gasteiger partial charge is 0.260 e. The fraction of sp³-hybridized carbons (Fsp3) is 0.458. The highest BCUT2D eigenvalue weighted by Gasteiger charge is 2.19. The summed E-state index contributed by atoms with van der Waals surface area (Å²) in [4.78, 5) is 31.2. The van der Waals surface area contributed by atoms with E-state index in [-0.39, 0.29) is 24.5 Å². The van der Waals surface area contributed by atoms with Gasteiger partial charge in [-0.2, -0.15) is 0 Å². The number of likely N-dealkylation sites (tertiary alicyclic amines) is 1. The standard InChI is InChI=1S/C24H31N3O4/c1-16-12-20(24(29)26-18(3)19-8-9-25-21(14-19)30-4)13-17(2)23(16)31-15-22(28)27-10-6-5-7-11-27/h8-9,12-14,18H,5-7,10-11,15H2,1-4H3,(H,26,29). The molecule has 166 valence electrons. The molecule has 1 N–H and O–H groups in total. The van der Waals surface area contributed by atoms with Crippen molar-refractivity contribution >= 4 is 11.8 Å². The van der Waals surface area contributed by atoms with Gasteiger partial charge in [-0.25, -0.2) is 4.98 Å². The van der Waals surface area contributed by atoms with Gasteiger partial charge in [0.1, 0.15) is 5.75 Å². The second-order valence-electron chi connectivity index (χ2n) is 8.00. The van der Waals surface area contributed by atoms with Crippen molar-refractivity contribution in [1.82, 2.24) is 15.2 Å². The molecule has 0 spiro atoms. The molecule has 2 heterocycles. The van der Waals surface area contributed by atoms with Gasteiger partial charge in [-0.1, -0.05) is 0 Å². The average Bonchev–Trinajstić information content (AvgIpc) is 2.78. The van der Waals surface area contributed by atoms with Crippen molar-refractivity contribution in [2.75, 3.05) is 26.8 Å². The summed E-state index contributed by atoms with van der Waals surface area (Å²) in [5, 5.41) is 3.01. The van der Waals surface area contributed by atoms with Crippen LogP contribution in [0.1, 0.15) is 59.3 Å². The molecule has 2 aromatic rings. The molecular formula is C24H31N3O4. The number of amides is 2. The van der Waals surface area contributed by atoms with Gasteiger partial charge in [0.15, 0.2) is 6.61 Å². The van der Waals surface area contributed by atoms with E-state index in [1.54, 1.807) is 31.5 Å². The number of piperidine rings is 1. The normalized spacial score (nSPS) is 14.6. The summed E-state index contributed by atoms with van der Waals surface area (Å²) in [6.45, 7) is 7.33. The number of pyridine rings is 1. The van der Waals surface area contributed by atoms with Crippen molar-refractivity contribution in [2.45, 2.75) is 46.1 Å². The van der Waals surface area contributed by atoms with Crippen molar-refractivity contribution in [3.63, 3.8) is 0 Å². The molecule has 1 unspecified atom stereocenters. The Bertz CT molecular complexity index is 915. The van der Waals surface area contributed by atoms with Crippen LogP contribution in [0.4, 0.5) is 0 Å². The van der Waals surface area contributed by atoms with Crippen molar-refractivity contribution < 1.29 is 19.1 Å². The second kappa shape index (κ2) is 10.3.